The first-order chi connectivity index (χ1) is 9.20. The highest BCUT2D eigenvalue weighted by atomic mass is 35.5. The Morgan fingerprint density at radius 2 is 2.00 bits per heavy atom. The third kappa shape index (κ3) is 1.98. The second-order valence-corrected chi connectivity index (χ2v) is 4.77. The molecule has 0 bridgehead atoms. The van der Waals surface area contributed by atoms with E-state index in [4.69, 9.17) is 11.6 Å². The van der Waals surface area contributed by atoms with E-state index < -0.39 is 0 Å². The van der Waals surface area contributed by atoms with Gasteiger partial charge in [0.05, 0.1) is 11.4 Å². The summed E-state index contributed by atoms with van der Waals surface area (Å²) in [4.78, 5) is 4.57. The van der Waals surface area contributed by atoms with Gasteiger partial charge in [-0.25, -0.2) is 4.98 Å². The number of fused-ring (bicyclic) bond motifs is 1. The van der Waals surface area contributed by atoms with Gasteiger partial charge in [-0.15, -0.1) is 16.7 Å². The second-order valence-electron chi connectivity index (χ2n) is 4.51. The van der Waals surface area contributed by atoms with Crippen LogP contribution in [-0.4, -0.2) is 20.0 Å². The van der Waals surface area contributed by atoms with E-state index in [1.807, 2.05) is 44.2 Å². The fourth-order valence-electron chi connectivity index (χ4n) is 2.21. The Balaban J connectivity index is 2.32. The van der Waals surface area contributed by atoms with Crippen LogP contribution >= 0.6 is 11.6 Å². The zero-order valence-corrected chi connectivity index (χ0v) is 11.5. The van der Waals surface area contributed by atoms with Gasteiger partial charge in [0.15, 0.2) is 5.82 Å². The molecule has 4 nitrogen and oxygen atoms in total. The van der Waals surface area contributed by atoms with Gasteiger partial charge >= 0.3 is 0 Å². The predicted molar refractivity (Wildman–Crippen MR) is 75.7 cm³/mol. The summed E-state index contributed by atoms with van der Waals surface area (Å²) in [5.74, 6) is 1.17. The van der Waals surface area contributed by atoms with Crippen molar-refractivity contribution in [1.29, 1.82) is 0 Å². The van der Waals surface area contributed by atoms with Crippen LogP contribution in [-0.2, 0) is 5.88 Å². The van der Waals surface area contributed by atoms with Crippen molar-refractivity contribution in [1.82, 2.24) is 20.0 Å². The molecule has 0 amide bonds. The fourth-order valence-corrected chi connectivity index (χ4v) is 2.54. The minimum absolute atomic E-state index is 0.405. The average molecular weight is 273 g/mol. The number of rotatable bonds is 2. The van der Waals surface area contributed by atoms with E-state index in [-0.39, 0.29) is 0 Å². The quantitative estimate of drug-likeness (QED) is 0.673. The maximum absolute atomic E-state index is 6.06. The summed E-state index contributed by atoms with van der Waals surface area (Å²) in [7, 11) is 0. The van der Waals surface area contributed by atoms with Crippen molar-refractivity contribution in [3.63, 3.8) is 0 Å². The van der Waals surface area contributed by atoms with Gasteiger partial charge in [-0.3, -0.25) is 0 Å². The highest BCUT2D eigenvalue weighted by molar-refractivity contribution is 6.17. The van der Waals surface area contributed by atoms with Gasteiger partial charge < -0.3 is 0 Å². The van der Waals surface area contributed by atoms with E-state index in [1.165, 1.54) is 0 Å². The molecule has 0 aliphatic carbocycles. The van der Waals surface area contributed by atoms with Crippen LogP contribution in [0.5, 0.6) is 0 Å². The van der Waals surface area contributed by atoms with E-state index in [0.29, 0.717) is 5.88 Å². The molecule has 3 rings (SSSR count). The third-order valence-electron chi connectivity index (χ3n) is 3.14. The molecule has 0 aliphatic heterocycles. The number of aryl methyl sites for hydroxylation is 2. The predicted octanol–water partition coefficient (Wildman–Crippen LogP) is 3.17. The Hall–Kier alpha value is -1.94. The molecule has 19 heavy (non-hydrogen) atoms. The first-order valence-corrected chi connectivity index (χ1v) is 6.58. The molecule has 96 valence electrons. The highest BCUT2D eigenvalue weighted by Gasteiger charge is 2.13. The Morgan fingerprint density at radius 3 is 2.79 bits per heavy atom. The van der Waals surface area contributed by atoms with Gasteiger partial charge in [0.2, 0.25) is 0 Å². The molecule has 1 aromatic carbocycles. The molecule has 0 N–H and O–H groups in total. The summed E-state index contributed by atoms with van der Waals surface area (Å²) in [6.45, 7) is 4.00. The van der Waals surface area contributed by atoms with E-state index in [9.17, 15) is 0 Å². The minimum atomic E-state index is 0.405. The highest BCUT2D eigenvalue weighted by Crippen LogP contribution is 2.22. The first kappa shape index (κ1) is 12.1. The molecular formula is C14H13ClN4. The summed E-state index contributed by atoms with van der Waals surface area (Å²) in [6, 6.07) is 9.85. The van der Waals surface area contributed by atoms with Crippen LogP contribution in [0.25, 0.3) is 16.9 Å². The van der Waals surface area contributed by atoms with Crippen LogP contribution in [0, 0.1) is 13.8 Å². The summed E-state index contributed by atoms with van der Waals surface area (Å²) < 4.78 is 1.76. The number of hydrogen-bond donors (Lipinski definition) is 0. The summed E-state index contributed by atoms with van der Waals surface area (Å²) >= 11 is 6.06. The number of hydrogen-bond acceptors (Lipinski definition) is 3. The summed E-state index contributed by atoms with van der Waals surface area (Å²) in [5.41, 5.74) is 4.84. The van der Waals surface area contributed by atoms with Gasteiger partial charge in [0.25, 0.3) is 0 Å². The Morgan fingerprint density at radius 1 is 1.21 bits per heavy atom. The molecule has 0 spiro atoms. The van der Waals surface area contributed by atoms with E-state index in [1.54, 1.807) is 4.68 Å². The van der Waals surface area contributed by atoms with E-state index >= 15 is 0 Å². The lowest BCUT2D eigenvalue weighted by atomic mass is 10.1. The van der Waals surface area contributed by atoms with Crippen molar-refractivity contribution in [2.45, 2.75) is 19.7 Å². The Bertz CT molecular complexity index is 748. The molecular weight excluding hydrogens is 260 g/mol. The number of para-hydroxylation sites is 1. The van der Waals surface area contributed by atoms with Crippen LogP contribution in [0.2, 0.25) is 0 Å². The Kier molecular flexibility index (Phi) is 2.95. The molecule has 2 aromatic heterocycles. The van der Waals surface area contributed by atoms with Crippen LogP contribution in [0.4, 0.5) is 0 Å². The number of pyridine rings is 1. The Labute approximate surface area is 116 Å². The molecule has 0 saturated carbocycles. The van der Waals surface area contributed by atoms with Crippen molar-refractivity contribution in [3.05, 3.63) is 47.2 Å². The van der Waals surface area contributed by atoms with Crippen LogP contribution < -0.4 is 0 Å². The van der Waals surface area contributed by atoms with Crippen LogP contribution in [0.15, 0.2) is 30.3 Å². The van der Waals surface area contributed by atoms with Gasteiger partial charge in [0, 0.05) is 11.3 Å². The lowest BCUT2D eigenvalue weighted by Gasteiger charge is -2.10. The van der Waals surface area contributed by atoms with Crippen LogP contribution in [0.1, 0.15) is 16.8 Å². The standard InChI is InChI=1S/C14H13ClN4/c1-9-7-10(2)16-14(11(9)8-15)19-13-6-4-3-5-12(13)17-18-19/h3-7H,8H2,1-2H3. The fraction of sp³-hybridized carbons (Fsp3) is 0.214. The lowest BCUT2D eigenvalue weighted by Crippen LogP contribution is -2.06. The topological polar surface area (TPSA) is 43.6 Å². The van der Waals surface area contributed by atoms with Crippen molar-refractivity contribution in [3.8, 4) is 5.82 Å². The number of benzene rings is 1. The van der Waals surface area contributed by atoms with Crippen LogP contribution in [0.3, 0.4) is 0 Å². The molecule has 0 aliphatic rings. The number of alkyl halides is 1. The molecule has 0 radical (unpaired) electrons. The smallest absolute Gasteiger partial charge is 0.160 e. The SMILES string of the molecule is Cc1cc(C)c(CCl)c(-n2nnc3ccccc32)n1. The van der Waals surface area contributed by atoms with Crippen molar-refractivity contribution in [2.75, 3.05) is 0 Å². The van der Waals surface area contributed by atoms with E-state index in [0.717, 1.165) is 33.7 Å². The lowest BCUT2D eigenvalue weighted by molar-refractivity contribution is 0.788. The third-order valence-corrected chi connectivity index (χ3v) is 3.41. The minimum Gasteiger partial charge on any atom is -0.234 e. The normalized spacial score (nSPS) is 11.1. The molecule has 2 heterocycles. The van der Waals surface area contributed by atoms with Gasteiger partial charge in [-0.1, -0.05) is 17.3 Å². The average Bonchev–Trinajstić information content (AvgIpc) is 2.81. The largest absolute Gasteiger partial charge is 0.234 e. The zero-order valence-electron chi connectivity index (χ0n) is 10.8. The number of aromatic nitrogens is 4. The van der Waals surface area contributed by atoms with Crippen molar-refractivity contribution in [2.24, 2.45) is 0 Å². The van der Waals surface area contributed by atoms with Gasteiger partial charge in [0.1, 0.15) is 5.52 Å². The molecule has 5 heteroatoms. The zero-order chi connectivity index (χ0) is 13.4. The second kappa shape index (κ2) is 4.63. The summed E-state index contributed by atoms with van der Waals surface area (Å²) in [6.07, 6.45) is 0. The monoisotopic (exact) mass is 272 g/mol. The van der Waals surface area contributed by atoms with Gasteiger partial charge in [-0.05, 0) is 37.6 Å². The molecule has 0 unspecified atom stereocenters. The van der Waals surface area contributed by atoms with Gasteiger partial charge in [-0.2, -0.15) is 4.68 Å². The molecule has 0 saturated heterocycles. The first-order valence-electron chi connectivity index (χ1n) is 6.04. The maximum Gasteiger partial charge on any atom is 0.160 e. The molecule has 3 aromatic rings. The number of nitrogens with zero attached hydrogens (tertiary/aromatic N) is 4. The maximum atomic E-state index is 6.06. The molecule has 0 fully saturated rings. The van der Waals surface area contributed by atoms with E-state index in [2.05, 4.69) is 15.3 Å². The van der Waals surface area contributed by atoms with Crippen molar-refractivity contribution >= 4 is 22.6 Å². The number of halogens is 1. The molecule has 0 atom stereocenters. The van der Waals surface area contributed by atoms with Crippen molar-refractivity contribution < 1.29 is 0 Å². The summed E-state index contributed by atoms with van der Waals surface area (Å²) in [5, 5.41) is 8.36.